The highest BCUT2D eigenvalue weighted by Gasteiger charge is 2.35. The Kier molecular flexibility index (Phi) is 4.12. The lowest BCUT2D eigenvalue weighted by Crippen LogP contribution is -2.39. The summed E-state index contributed by atoms with van der Waals surface area (Å²) >= 11 is 0. The van der Waals surface area contributed by atoms with Gasteiger partial charge in [-0.3, -0.25) is 0 Å². The highest BCUT2D eigenvalue weighted by atomic mass is 35.5. The van der Waals surface area contributed by atoms with Crippen molar-refractivity contribution in [3.05, 3.63) is 35.6 Å². The number of hydrogen-bond donors (Lipinski definition) is 1. The van der Waals surface area contributed by atoms with Crippen LogP contribution in [0.5, 0.6) is 0 Å². The minimum absolute atomic E-state index is 0. The summed E-state index contributed by atoms with van der Waals surface area (Å²) < 4.78 is 12.9. The van der Waals surface area contributed by atoms with Gasteiger partial charge in [-0.15, -0.1) is 12.4 Å². The lowest BCUT2D eigenvalue weighted by molar-refractivity contribution is 0.144. The fourth-order valence-electron chi connectivity index (χ4n) is 2.21. The van der Waals surface area contributed by atoms with Crippen LogP contribution in [0.15, 0.2) is 24.3 Å². The van der Waals surface area contributed by atoms with Gasteiger partial charge in [-0.2, -0.15) is 0 Å². The molecule has 0 bridgehead atoms. The minimum Gasteiger partial charge on any atom is -0.330 e. The maximum absolute atomic E-state index is 12.9. The molecule has 1 saturated carbocycles. The molecule has 0 aliphatic heterocycles. The van der Waals surface area contributed by atoms with Gasteiger partial charge in [-0.25, -0.2) is 4.39 Å². The average Bonchev–Trinajstić information content (AvgIpc) is 2.11. The van der Waals surface area contributed by atoms with Crippen molar-refractivity contribution < 1.29 is 4.39 Å². The van der Waals surface area contributed by atoms with Crippen LogP contribution in [0.4, 0.5) is 4.39 Å². The molecule has 0 heterocycles. The first-order valence-electron chi connectivity index (χ1n) is 5.19. The minimum atomic E-state index is -0.144. The summed E-state index contributed by atoms with van der Waals surface area (Å²) in [6.07, 6.45) is 4.59. The van der Waals surface area contributed by atoms with E-state index in [2.05, 4.69) is 0 Å². The SMILES string of the molecule is Cl.NCC1(Cc2cccc(F)c2)CCC1. The van der Waals surface area contributed by atoms with E-state index >= 15 is 0 Å². The second kappa shape index (κ2) is 4.95. The zero-order valence-corrected chi connectivity index (χ0v) is 9.52. The van der Waals surface area contributed by atoms with Crippen molar-refractivity contribution in [2.45, 2.75) is 25.7 Å². The van der Waals surface area contributed by atoms with Gasteiger partial charge >= 0.3 is 0 Å². The van der Waals surface area contributed by atoms with Crippen molar-refractivity contribution >= 4 is 12.4 Å². The van der Waals surface area contributed by atoms with Gasteiger partial charge in [0.05, 0.1) is 0 Å². The van der Waals surface area contributed by atoms with E-state index in [4.69, 9.17) is 5.73 Å². The summed E-state index contributed by atoms with van der Waals surface area (Å²) in [5.41, 5.74) is 7.11. The zero-order chi connectivity index (χ0) is 10.0. The average molecular weight is 230 g/mol. The second-order valence-corrected chi connectivity index (χ2v) is 4.36. The van der Waals surface area contributed by atoms with E-state index in [0.29, 0.717) is 0 Å². The normalized spacial score (nSPS) is 17.7. The molecule has 0 atom stereocenters. The molecule has 2 rings (SSSR count). The fraction of sp³-hybridized carbons (Fsp3) is 0.500. The molecule has 2 N–H and O–H groups in total. The van der Waals surface area contributed by atoms with E-state index in [1.807, 2.05) is 6.07 Å². The molecule has 0 aromatic heterocycles. The number of hydrogen-bond acceptors (Lipinski definition) is 1. The van der Waals surface area contributed by atoms with Crippen LogP contribution < -0.4 is 5.73 Å². The Morgan fingerprint density at radius 2 is 2.07 bits per heavy atom. The van der Waals surface area contributed by atoms with E-state index < -0.39 is 0 Å². The quantitative estimate of drug-likeness (QED) is 0.848. The third-order valence-electron chi connectivity index (χ3n) is 3.32. The van der Waals surface area contributed by atoms with Gasteiger partial charge < -0.3 is 5.73 Å². The van der Waals surface area contributed by atoms with Crippen LogP contribution in [0, 0.1) is 11.2 Å². The molecule has 1 nitrogen and oxygen atoms in total. The molecule has 0 unspecified atom stereocenters. The van der Waals surface area contributed by atoms with Crippen molar-refractivity contribution in [3.63, 3.8) is 0 Å². The molecule has 1 aromatic carbocycles. The molecule has 84 valence electrons. The molecule has 0 spiro atoms. The fourth-order valence-corrected chi connectivity index (χ4v) is 2.21. The van der Waals surface area contributed by atoms with Gasteiger partial charge in [0.1, 0.15) is 5.82 Å². The Balaban J connectivity index is 0.00000112. The summed E-state index contributed by atoms with van der Waals surface area (Å²) in [6, 6.07) is 6.86. The maximum Gasteiger partial charge on any atom is 0.123 e. The molecule has 0 saturated heterocycles. The lowest BCUT2D eigenvalue weighted by Gasteiger charge is -2.41. The van der Waals surface area contributed by atoms with Crippen LogP contribution >= 0.6 is 12.4 Å². The first-order valence-corrected chi connectivity index (χ1v) is 5.19. The second-order valence-electron chi connectivity index (χ2n) is 4.36. The Labute approximate surface area is 96.3 Å². The summed E-state index contributed by atoms with van der Waals surface area (Å²) in [5, 5.41) is 0. The van der Waals surface area contributed by atoms with E-state index in [9.17, 15) is 4.39 Å². The summed E-state index contributed by atoms with van der Waals surface area (Å²) in [6.45, 7) is 0.726. The van der Waals surface area contributed by atoms with Gasteiger partial charge in [0.25, 0.3) is 0 Å². The van der Waals surface area contributed by atoms with Gasteiger partial charge in [-0.1, -0.05) is 18.6 Å². The van der Waals surface area contributed by atoms with Crippen LogP contribution in [0.25, 0.3) is 0 Å². The predicted octanol–water partition coefficient (Wildman–Crippen LogP) is 2.92. The van der Waals surface area contributed by atoms with Gasteiger partial charge in [0.15, 0.2) is 0 Å². The molecule has 1 fully saturated rings. The molecule has 1 aromatic rings. The number of halogens is 2. The van der Waals surface area contributed by atoms with Crippen molar-refractivity contribution in [1.29, 1.82) is 0 Å². The molecule has 1 aliphatic carbocycles. The van der Waals surface area contributed by atoms with E-state index in [-0.39, 0.29) is 23.6 Å². The molecular weight excluding hydrogens is 213 g/mol. The first-order chi connectivity index (χ1) is 6.74. The van der Waals surface area contributed by atoms with Crippen molar-refractivity contribution in [3.8, 4) is 0 Å². The third kappa shape index (κ3) is 2.70. The molecule has 0 radical (unpaired) electrons. The zero-order valence-electron chi connectivity index (χ0n) is 8.71. The Morgan fingerprint density at radius 3 is 2.53 bits per heavy atom. The highest BCUT2D eigenvalue weighted by molar-refractivity contribution is 5.85. The third-order valence-corrected chi connectivity index (χ3v) is 3.32. The van der Waals surface area contributed by atoms with Crippen molar-refractivity contribution in [2.24, 2.45) is 11.1 Å². The number of nitrogens with two attached hydrogens (primary N) is 1. The smallest absolute Gasteiger partial charge is 0.123 e. The molecular formula is C12H17ClFN. The number of benzene rings is 1. The van der Waals surface area contributed by atoms with E-state index in [1.165, 1.54) is 25.3 Å². The van der Waals surface area contributed by atoms with Crippen LogP contribution in [0.1, 0.15) is 24.8 Å². The Bertz CT molecular complexity index is 318. The monoisotopic (exact) mass is 229 g/mol. The van der Waals surface area contributed by atoms with Crippen LogP contribution in [0.3, 0.4) is 0 Å². The standard InChI is InChI=1S/C12H16FN.ClH/c13-11-4-1-3-10(7-11)8-12(9-14)5-2-6-12;/h1,3-4,7H,2,5-6,8-9,14H2;1H. The van der Waals surface area contributed by atoms with Crippen LogP contribution in [-0.4, -0.2) is 6.54 Å². The van der Waals surface area contributed by atoms with Gasteiger partial charge in [-0.05, 0) is 48.9 Å². The van der Waals surface area contributed by atoms with Crippen molar-refractivity contribution in [2.75, 3.05) is 6.54 Å². The van der Waals surface area contributed by atoms with Crippen LogP contribution in [-0.2, 0) is 6.42 Å². The number of rotatable bonds is 3. The summed E-state index contributed by atoms with van der Waals surface area (Å²) in [4.78, 5) is 0. The molecule has 3 heteroatoms. The Hall–Kier alpha value is -0.600. The van der Waals surface area contributed by atoms with E-state index in [1.54, 1.807) is 12.1 Å². The molecule has 0 amide bonds. The maximum atomic E-state index is 12.9. The van der Waals surface area contributed by atoms with Crippen molar-refractivity contribution in [1.82, 2.24) is 0 Å². The summed E-state index contributed by atoms with van der Waals surface area (Å²) in [5.74, 6) is -0.144. The van der Waals surface area contributed by atoms with Gasteiger partial charge in [0.2, 0.25) is 0 Å². The summed E-state index contributed by atoms with van der Waals surface area (Å²) in [7, 11) is 0. The van der Waals surface area contributed by atoms with E-state index in [0.717, 1.165) is 18.5 Å². The Morgan fingerprint density at radius 1 is 1.33 bits per heavy atom. The lowest BCUT2D eigenvalue weighted by atomic mass is 9.65. The molecule has 15 heavy (non-hydrogen) atoms. The highest BCUT2D eigenvalue weighted by Crippen LogP contribution is 2.42. The molecule has 1 aliphatic rings. The van der Waals surface area contributed by atoms with Crippen LogP contribution in [0.2, 0.25) is 0 Å². The first kappa shape index (κ1) is 12.5. The largest absolute Gasteiger partial charge is 0.330 e. The predicted molar refractivity (Wildman–Crippen MR) is 62.7 cm³/mol. The topological polar surface area (TPSA) is 26.0 Å². The van der Waals surface area contributed by atoms with Gasteiger partial charge in [0, 0.05) is 0 Å².